The Hall–Kier alpha value is -0.330. The molecule has 21 heavy (non-hydrogen) atoms. The fourth-order valence-corrected chi connectivity index (χ4v) is 1.38. The summed E-state index contributed by atoms with van der Waals surface area (Å²) in [5, 5.41) is 2.91. The minimum atomic E-state index is -4.52. The summed E-state index contributed by atoms with van der Waals surface area (Å²) in [7, 11) is 2.02. The second-order valence-electron chi connectivity index (χ2n) is 4.05. The van der Waals surface area contributed by atoms with Crippen LogP contribution in [0.15, 0.2) is 0 Å². The van der Waals surface area contributed by atoms with Gasteiger partial charge < -0.3 is 10.2 Å². The molecule has 0 rings (SSSR count). The van der Waals surface area contributed by atoms with Crippen molar-refractivity contribution in [3.63, 3.8) is 0 Å². The molecule has 0 bridgehead atoms. The first kappa shape index (κ1) is 25.6. The minimum absolute atomic E-state index is 0.225. The molecule has 0 aliphatic rings. The van der Waals surface area contributed by atoms with Gasteiger partial charge in [0.05, 0.1) is 6.61 Å². The highest BCUT2D eigenvalue weighted by Gasteiger charge is 2.28. The summed E-state index contributed by atoms with van der Waals surface area (Å²) in [6.07, 6.45) is -0.930. The van der Waals surface area contributed by atoms with Gasteiger partial charge in [-0.05, 0) is 20.0 Å². The molecule has 0 unspecified atom stereocenters. The molecule has 6 heteroatoms. The van der Waals surface area contributed by atoms with Gasteiger partial charge in [0.15, 0.2) is 0 Å². The van der Waals surface area contributed by atoms with Crippen LogP contribution in [-0.4, -0.2) is 51.1 Å². The van der Waals surface area contributed by atoms with E-state index in [0.29, 0.717) is 6.54 Å². The second kappa shape index (κ2) is 19.7. The normalized spacial score (nSPS) is 10.6. The molecular weight excluding hydrogens is 281 g/mol. The lowest BCUT2D eigenvalue weighted by Crippen LogP contribution is -2.32. The van der Waals surface area contributed by atoms with E-state index in [9.17, 15) is 13.2 Å². The van der Waals surface area contributed by atoms with Gasteiger partial charge in [-0.1, -0.05) is 47.5 Å². The third-order valence-electron chi connectivity index (χ3n) is 2.36. The van der Waals surface area contributed by atoms with Crippen LogP contribution in [0, 0.1) is 0 Å². The van der Waals surface area contributed by atoms with Gasteiger partial charge in [-0.3, -0.25) is 4.74 Å². The van der Waals surface area contributed by atoms with E-state index >= 15 is 0 Å². The van der Waals surface area contributed by atoms with Crippen LogP contribution in [0.5, 0.6) is 0 Å². The van der Waals surface area contributed by atoms with E-state index in [1.165, 1.54) is 19.3 Å². The number of alkyl halides is 3. The molecule has 1 N–H and O–H groups in total. The second-order valence-corrected chi connectivity index (χ2v) is 4.05. The first-order chi connectivity index (χ1) is 9.95. The van der Waals surface area contributed by atoms with Crippen LogP contribution in [0.1, 0.15) is 53.9 Å². The summed E-state index contributed by atoms with van der Waals surface area (Å²) >= 11 is 0. The van der Waals surface area contributed by atoms with E-state index in [0.717, 1.165) is 13.1 Å². The molecule has 0 aromatic rings. The minimum Gasteiger partial charge on any atom is -0.313 e. The molecule has 0 aliphatic carbocycles. The Balaban J connectivity index is -0.000000739. The van der Waals surface area contributed by atoms with Gasteiger partial charge in [0.1, 0.15) is 0 Å². The van der Waals surface area contributed by atoms with Crippen LogP contribution in [0.4, 0.5) is 13.2 Å². The molecular formula is C15H35F3N2O. The van der Waals surface area contributed by atoms with Crippen molar-refractivity contribution in [1.82, 2.24) is 10.2 Å². The van der Waals surface area contributed by atoms with Gasteiger partial charge >= 0.3 is 6.36 Å². The maximum Gasteiger partial charge on any atom is 0.522 e. The largest absolute Gasteiger partial charge is 0.522 e. The summed E-state index contributed by atoms with van der Waals surface area (Å²) in [5.41, 5.74) is 0. The van der Waals surface area contributed by atoms with E-state index in [4.69, 9.17) is 0 Å². The average molecular weight is 316 g/mol. The molecule has 0 heterocycles. The number of hydrogen-bond donors (Lipinski definition) is 1. The fraction of sp³-hybridized carbons (Fsp3) is 1.00. The Kier molecular flexibility index (Phi) is 24.0. The average Bonchev–Trinajstić information content (AvgIpc) is 2.46. The molecule has 0 radical (unpaired) electrons. The number of nitrogens with one attached hydrogen (secondary N) is 1. The first-order valence-electron chi connectivity index (χ1n) is 8.05. The predicted molar refractivity (Wildman–Crippen MR) is 84.6 cm³/mol. The van der Waals surface area contributed by atoms with Gasteiger partial charge in [-0.15, -0.1) is 13.2 Å². The summed E-state index contributed by atoms with van der Waals surface area (Å²) in [4.78, 5) is 2.17. The molecule has 0 aromatic carbocycles. The van der Waals surface area contributed by atoms with Gasteiger partial charge in [0, 0.05) is 19.6 Å². The quantitative estimate of drug-likeness (QED) is 0.609. The number of rotatable bonds is 10. The van der Waals surface area contributed by atoms with Crippen molar-refractivity contribution in [2.45, 2.75) is 60.2 Å². The maximum absolute atomic E-state index is 11.6. The zero-order valence-electron chi connectivity index (χ0n) is 14.6. The van der Waals surface area contributed by atoms with Crippen molar-refractivity contribution in [1.29, 1.82) is 0 Å². The predicted octanol–water partition coefficient (Wildman–Crippen LogP) is 4.29. The number of hydrogen-bond acceptors (Lipinski definition) is 3. The van der Waals surface area contributed by atoms with Crippen molar-refractivity contribution in [2.75, 3.05) is 39.8 Å². The zero-order valence-corrected chi connectivity index (χ0v) is 14.6. The molecule has 0 atom stereocenters. The number of halogens is 3. The Morgan fingerprint density at radius 3 is 2.00 bits per heavy atom. The van der Waals surface area contributed by atoms with Gasteiger partial charge in [0.2, 0.25) is 0 Å². The molecule has 0 saturated heterocycles. The summed E-state index contributed by atoms with van der Waals surface area (Å²) < 4.78 is 38.5. The van der Waals surface area contributed by atoms with E-state index < -0.39 is 6.36 Å². The number of ether oxygens (including phenoxy) is 1. The number of unbranched alkanes of at least 4 members (excludes halogenated alkanes) is 2. The van der Waals surface area contributed by atoms with E-state index in [1.54, 1.807) is 0 Å². The van der Waals surface area contributed by atoms with Crippen LogP contribution in [0.2, 0.25) is 0 Å². The first-order valence-corrected chi connectivity index (χ1v) is 8.05. The molecule has 0 saturated carbocycles. The Morgan fingerprint density at radius 2 is 1.52 bits per heavy atom. The number of likely N-dealkylation sites (N-methyl/N-ethyl adjacent to an activating group) is 1. The molecule has 132 valence electrons. The van der Waals surface area contributed by atoms with Gasteiger partial charge in [0.25, 0.3) is 0 Å². The van der Waals surface area contributed by atoms with E-state index in [2.05, 4.69) is 21.9 Å². The van der Waals surface area contributed by atoms with Crippen molar-refractivity contribution in [3.8, 4) is 0 Å². The van der Waals surface area contributed by atoms with Crippen molar-refractivity contribution >= 4 is 0 Å². The van der Waals surface area contributed by atoms with E-state index in [-0.39, 0.29) is 13.2 Å². The third kappa shape index (κ3) is 28.5. The van der Waals surface area contributed by atoms with Gasteiger partial charge in [-0.2, -0.15) is 0 Å². The summed E-state index contributed by atoms with van der Waals surface area (Å²) in [5.74, 6) is 0. The van der Waals surface area contributed by atoms with Crippen LogP contribution >= 0.6 is 0 Å². The highest BCUT2D eigenvalue weighted by atomic mass is 19.4. The molecule has 0 spiro atoms. The third-order valence-corrected chi connectivity index (χ3v) is 2.36. The Labute approximate surface area is 129 Å². The van der Waals surface area contributed by atoms with Crippen molar-refractivity contribution in [2.24, 2.45) is 0 Å². The fourth-order valence-electron chi connectivity index (χ4n) is 1.38. The Morgan fingerprint density at radius 1 is 0.952 bits per heavy atom. The van der Waals surface area contributed by atoms with Crippen LogP contribution in [-0.2, 0) is 4.74 Å². The van der Waals surface area contributed by atoms with Gasteiger partial charge in [-0.25, -0.2) is 0 Å². The van der Waals surface area contributed by atoms with Crippen LogP contribution < -0.4 is 5.32 Å². The highest BCUT2D eigenvalue weighted by Crippen LogP contribution is 2.14. The molecule has 3 nitrogen and oxygen atoms in total. The Bertz CT molecular complexity index is 179. The molecule has 0 aliphatic heterocycles. The summed E-state index contributed by atoms with van der Waals surface area (Å²) in [6.45, 7) is 12.6. The monoisotopic (exact) mass is 316 g/mol. The highest BCUT2D eigenvalue weighted by molar-refractivity contribution is 4.55. The van der Waals surface area contributed by atoms with E-state index in [1.807, 2.05) is 34.7 Å². The summed E-state index contributed by atoms with van der Waals surface area (Å²) in [6, 6.07) is 0. The molecule has 0 aromatic heterocycles. The van der Waals surface area contributed by atoms with Crippen molar-refractivity contribution < 1.29 is 17.9 Å². The molecule has 0 amide bonds. The van der Waals surface area contributed by atoms with Crippen LogP contribution in [0.25, 0.3) is 0 Å². The van der Waals surface area contributed by atoms with Crippen LogP contribution in [0.3, 0.4) is 0 Å². The standard InChI is InChI=1S/C11H23F3N2O.2C2H6/c1-3-4-5-8-16(2)9-6-15-7-10-17-11(12,13)14;2*1-2/h15H,3-10H2,1-2H3;2*1-2H3. The smallest absolute Gasteiger partial charge is 0.313 e. The maximum atomic E-state index is 11.6. The lowest BCUT2D eigenvalue weighted by Gasteiger charge is -2.16. The molecule has 0 fully saturated rings. The lowest BCUT2D eigenvalue weighted by atomic mass is 10.2. The topological polar surface area (TPSA) is 24.5 Å². The zero-order chi connectivity index (χ0) is 17.1. The number of nitrogens with zero attached hydrogens (tertiary/aromatic N) is 1. The lowest BCUT2D eigenvalue weighted by molar-refractivity contribution is -0.323. The SMILES string of the molecule is CC.CC.CCCCCN(C)CCNCCOC(F)(F)F. The van der Waals surface area contributed by atoms with Crippen molar-refractivity contribution in [3.05, 3.63) is 0 Å².